The summed E-state index contributed by atoms with van der Waals surface area (Å²) >= 11 is 0. The lowest BCUT2D eigenvalue weighted by Crippen LogP contribution is -2.32. The number of fused-ring (bicyclic) bond motifs is 1. The van der Waals surface area contributed by atoms with Gasteiger partial charge in [-0.15, -0.1) is 5.10 Å². The van der Waals surface area contributed by atoms with Crippen LogP contribution in [0.4, 0.5) is 24.8 Å². The van der Waals surface area contributed by atoms with Crippen LogP contribution in [0.5, 0.6) is 0 Å². The summed E-state index contributed by atoms with van der Waals surface area (Å²) in [6, 6.07) is 19.0. The second-order valence-electron chi connectivity index (χ2n) is 9.45. The zero-order valence-electron chi connectivity index (χ0n) is 21.8. The van der Waals surface area contributed by atoms with Gasteiger partial charge in [-0.3, -0.25) is 4.79 Å². The van der Waals surface area contributed by atoms with Gasteiger partial charge < -0.3 is 10.6 Å². The molecule has 204 valence electrons. The number of hydrogen-bond acceptors (Lipinski definition) is 6. The number of aromatic nitrogens is 5. The summed E-state index contributed by atoms with van der Waals surface area (Å²) in [6.45, 7) is 4.02. The van der Waals surface area contributed by atoms with Crippen molar-refractivity contribution in [1.29, 1.82) is 0 Å². The number of halogens is 3. The van der Waals surface area contributed by atoms with Crippen molar-refractivity contribution in [2.24, 2.45) is 0 Å². The predicted molar refractivity (Wildman–Crippen MR) is 146 cm³/mol. The SMILES string of the molecule is Cc1cc(Nc2cc(C(F)(F)F)ccn2)nc(-c2cn(C(C)C(=O)NCCc3ccc4ccccc4c3)nn2)c1. The highest BCUT2D eigenvalue weighted by Crippen LogP contribution is 2.30. The molecule has 8 nitrogen and oxygen atoms in total. The molecule has 3 heterocycles. The van der Waals surface area contributed by atoms with Crippen LogP contribution in [-0.4, -0.2) is 37.4 Å². The Morgan fingerprint density at radius 3 is 2.58 bits per heavy atom. The average molecular weight is 546 g/mol. The van der Waals surface area contributed by atoms with E-state index in [9.17, 15) is 18.0 Å². The van der Waals surface area contributed by atoms with Crippen LogP contribution in [0.3, 0.4) is 0 Å². The molecule has 0 aliphatic carbocycles. The van der Waals surface area contributed by atoms with Gasteiger partial charge in [-0.2, -0.15) is 13.2 Å². The number of anilines is 2. The van der Waals surface area contributed by atoms with Crippen LogP contribution in [0.15, 0.2) is 79.1 Å². The third-order valence-electron chi connectivity index (χ3n) is 6.39. The maximum absolute atomic E-state index is 13.1. The van der Waals surface area contributed by atoms with Gasteiger partial charge in [0.2, 0.25) is 5.91 Å². The Kier molecular flexibility index (Phi) is 7.45. The summed E-state index contributed by atoms with van der Waals surface area (Å²) in [6.07, 6.45) is -1.10. The van der Waals surface area contributed by atoms with Gasteiger partial charge in [0.25, 0.3) is 0 Å². The lowest BCUT2D eigenvalue weighted by Gasteiger charge is -2.12. The van der Waals surface area contributed by atoms with E-state index in [1.807, 2.05) is 19.1 Å². The topological polar surface area (TPSA) is 97.6 Å². The molecule has 2 aromatic carbocycles. The first kappa shape index (κ1) is 26.8. The van der Waals surface area contributed by atoms with E-state index in [1.165, 1.54) is 10.1 Å². The predicted octanol–water partition coefficient (Wildman–Crippen LogP) is 5.88. The molecular weight excluding hydrogens is 519 g/mol. The Hall–Kier alpha value is -4.80. The Balaban J connectivity index is 1.23. The summed E-state index contributed by atoms with van der Waals surface area (Å²) in [4.78, 5) is 21.2. The molecule has 0 saturated carbocycles. The Labute approximate surface area is 228 Å². The van der Waals surface area contributed by atoms with Crippen LogP contribution in [0.1, 0.15) is 29.7 Å². The monoisotopic (exact) mass is 545 g/mol. The number of pyridine rings is 2. The Morgan fingerprint density at radius 1 is 0.975 bits per heavy atom. The standard InChI is InChI=1S/C29H26F3N7O/c1-18-13-24(35-27(14-18)36-26-16-23(10-12-33-26)29(30,31)32)25-17-39(38-37-25)19(2)28(40)34-11-9-20-7-8-21-5-3-4-6-22(21)15-20/h3-8,10,12-17,19H,9,11H2,1-2H3,(H,34,40)(H,33,35,36). The van der Waals surface area contributed by atoms with Crippen molar-refractivity contribution >= 4 is 28.3 Å². The highest BCUT2D eigenvalue weighted by Gasteiger charge is 2.30. The molecule has 5 rings (SSSR count). The first-order valence-electron chi connectivity index (χ1n) is 12.6. The number of nitrogens with zero attached hydrogens (tertiary/aromatic N) is 5. The van der Waals surface area contributed by atoms with Crippen molar-refractivity contribution in [3.63, 3.8) is 0 Å². The van der Waals surface area contributed by atoms with Gasteiger partial charge in [0, 0.05) is 12.7 Å². The van der Waals surface area contributed by atoms with Gasteiger partial charge in [-0.25, -0.2) is 14.6 Å². The minimum absolute atomic E-state index is 0.0107. The average Bonchev–Trinajstić information content (AvgIpc) is 3.42. The Morgan fingerprint density at radius 2 is 1.77 bits per heavy atom. The molecule has 0 spiro atoms. The molecule has 40 heavy (non-hydrogen) atoms. The number of nitrogens with one attached hydrogen (secondary N) is 2. The van der Waals surface area contributed by atoms with Crippen LogP contribution in [0.2, 0.25) is 0 Å². The fourth-order valence-electron chi connectivity index (χ4n) is 4.24. The molecule has 0 aliphatic heterocycles. The first-order valence-corrected chi connectivity index (χ1v) is 12.6. The molecule has 2 N–H and O–H groups in total. The lowest BCUT2D eigenvalue weighted by atomic mass is 10.1. The van der Waals surface area contributed by atoms with Crippen LogP contribution < -0.4 is 10.6 Å². The van der Waals surface area contributed by atoms with E-state index >= 15 is 0 Å². The van der Waals surface area contributed by atoms with Crippen molar-refractivity contribution < 1.29 is 18.0 Å². The fraction of sp³-hybridized carbons (Fsp3) is 0.207. The maximum Gasteiger partial charge on any atom is 0.416 e. The molecule has 11 heteroatoms. The van der Waals surface area contributed by atoms with Crippen LogP contribution in [-0.2, 0) is 17.4 Å². The van der Waals surface area contributed by atoms with Gasteiger partial charge in [0.1, 0.15) is 23.4 Å². The molecule has 3 aromatic heterocycles. The number of benzene rings is 2. The van der Waals surface area contributed by atoms with Crippen LogP contribution in [0.25, 0.3) is 22.2 Å². The van der Waals surface area contributed by atoms with Gasteiger partial charge >= 0.3 is 6.18 Å². The normalized spacial score (nSPS) is 12.3. The molecule has 1 unspecified atom stereocenters. The van der Waals surface area contributed by atoms with E-state index in [4.69, 9.17) is 0 Å². The number of aryl methyl sites for hydroxylation is 1. The highest BCUT2D eigenvalue weighted by molar-refractivity contribution is 5.83. The van der Waals surface area contributed by atoms with Crippen molar-refractivity contribution in [1.82, 2.24) is 30.3 Å². The number of hydrogen-bond donors (Lipinski definition) is 2. The van der Waals surface area contributed by atoms with Crippen molar-refractivity contribution in [2.75, 3.05) is 11.9 Å². The van der Waals surface area contributed by atoms with Crippen molar-refractivity contribution in [2.45, 2.75) is 32.5 Å². The molecule has 0 radical (unpaired) electrons. The number of carbonyl (C=O) groups excluding carboxylic acids is 1. The Bertz CT molecular complexity index is 1670. The van der Waals surface area contributed by atoms with E-state index in [2.05, 4.69) is 61.2 Å². The molecule has 1 atom stereocenters. The van der Waals surface area contributed by atoms with E-state index in [1.54, 1.807) is 25.3 Å². The third kappa shape index (κ3) is 6.25. The molecular formula is C29H26F3N7O. The number of alkyl halides is 3. The summed E-state index contributed by atoms with van der Waals surface area (Å²) < 4.78 is 40.6. The second kappa shape index (κ2) is 11.1. The van der Waals surface area contributed by atoms with Gasteiger partial charge in [0.15, 0.2) is 0 Å². The number of rotatable bonds is 8. The quantitative estimate of drug-likeness (QED) is 0.253. The minimum atomic E-state index is -4.48. The van der Waals surface area contributed by atoms with Gasteiger partial charge in [0.05, 0.1) is 17.5 Å². The van der Waals surface area contributed by atoms with Crippen LogP contribution >= 0.6 is 0 Å². The summed E-state index contributed by atoms with van der Waals surface area (Å²) in [5.41, 5.74) is 1.98. The third-order valence-corrected chi connectivity index (χ3v) is 6.39. The zero-order valence-corrected chi connectivity index (χ0v) is 21.8. The summed E-state index contributed by atoms with van der Waals surface area (Å²) in [5, 5.41) is 16.4. The van der Waals surface area contributed by atoms with Crippen molar-refractivity contribution in [3.05, 3.63) is 95.8 Å². The highest BCUT2D eigenvalue weighted by atomic mass is 19.4. The first-order chi connectivity index (χ1) is 19.2. The largest absolute Gasteiger partial charge is 0.416 e. The summed E-state index contributed by atoms with van der Waals surface area (Å²) in [5.74, 6) is 0.111. The second-order valence-corrected chi connectivity index (χ2v) is 9.45. The zero-order chi connectivity index (χ0) is 28.3. The van der Waals surface area contributed by atoms with Gasteiger partial charge in [-0.05, 0) is 66.4 Å². The molecule has 5 aromatic rings. The number of carbonyl (C=O) groups is 1. The molecule has 0 bridgehead atoms. The lowest BCUT2D eigenvalue weighted by molar-refractivity contribution is -0.137. The number of amides is 1. The van der Waals surface area contributed by atoms with Crippen LogP contribution in [0, 0.1) is 6.92 Å². The van der Waals surface area contributed by atoms with E-state index < -0.39 is 17.8 Å². The van der Waals surface area contributed by atoms with E-state index in [-0.39, 0.29) is 11.7 Å². The van der Waals surface area contributed by atoms with E-state index in [0.29, 0.717) is 30.2 Å². The maximum atomic E-state index is 13.1. The molecule has 0 saturated heterocycles. The smallest absolute Gasteiger partial charge is 0.354 e. The van der Waals surface area contributed by atoms with E-state index in [0.717, 1.165) is 34.8 Å². The fourth-order valence-corrected chi connectivity index (χ4v) is 4.24. The molecule has 0 fully saturated rings. The summed E-state index contributed by atoms with van der Waals surface area (Å²) in [7, 11) is 0. The van der Waals surface area contributed by atoms with Crippen molar-refractivity contribution in [3.8, 4) is 11.4 Å². The minimum Gasteiger partial charge on any atom is -0.354 e. The molecule has 1 amide bonds. The molecule has 0 aliphatic rings. The van der Waals surface area contributed by atoms with Gasteiger partial charge in [-0.1, -0.05) is 47.7 Å².